The monoisotopic (exact) mass is 320 g/mol. The quantitative estimate of drug-likeness (QED) is 0.769. The van der Waals surface area contributed by atoms with Crippen molar-refractivity contribution in [2.45, 2.75) is 26.3 Å². The van der Waals surface area contributed by atoms with Crippen LogP contribution in [0.15, 0.2) is 24.3 Å². The van der Waals surface area contributed by atoms with Crippen LogP contribution in [0, 0.1) is 4.77 Å². The summed E-state index contributed by atoms with van der Waals surface area (Å²) in [7, 11) is 1.62. The molecule has 118 valence electrons. The van der Waals surface area contributed by atoms with Gasteiger partial charge in [0.15, 0.2) is 10.6 Å². The summed E-state index contributed by atoms with van der Waals surface area (Å²) in [6.07, 6.45) is 1.30. The Bertz CT molecular complexity index is 676. The van der Waals surface area contributed by atoms with E-state index >= 15 is 0 Å². The minimum absolute atomic E-state index is 0.0191. The number of amides is 1. The van der Waals surface area contributed by atoms with Crippen LogP contribution in [0.3, 0.4) is 0 Å². The first-order chi connectivity index (χ1) is 10.7. The van der Waals surface area contributed by atoms with Crippen LogP contribution in [0.5, 0.6) is 5.75 Å². The van der Waals surface area contributed by atoms with Gasteiger partial charge in [0, 0.05) is 25.1 Å². The SMILES string of the molecule is CCCNC(=O)CCn1c(-c2ccc(OC)cc2)n[nH]c1=S. The summed E-state index contributed by atoms with van der Waals surface area (Å²) in [5.41, 5.74) is 0.919. The zero-order chi connectivity index (χ0) is 15.9. The Kier molecular flexibility index (Phi) is 5.71. The second kappa shape index (κ2) is 7.74. The molecule has 1 amide bonds. The molecule has 22 heavy (non-hydrogen) atoms. The molecule has 1 aromatic carbocycles. The van der Waals surface area contributed by atoms with E-state index < -0.39 is 0 Å². The van der Waals surface area contributed by atoms with E-state index in [-0.39, 0.29) is 5.91 Å². The van der Waals surface area contributed by atoms with Crippen LogP contribution < -0.4 is 10.1 Å². The first-order valence-corrected chi connectivity index (χ1v) is 7.63. The third-order valence-corrected chi connectivity index (χ3v) is 3.55. The Morgan fingerprint density at radius 2 is 2.14 bits per heavy atom. The molecule has 0 saturated heterocycles. The number of carbonyl (C=O) groups excluding carboxylic acids is 1. The summed E-state index contributed by atoms with van der Waals surface area (Å²) >= 11 is 5.25. The maximum atomic E-state index is 11.7. The maximum Gasteiger partial charge on any atom is 0.221 e. The standard InChI is InChI=1S/C15H20N4O2S/c1-3-9-16-13(20)8-10-19-14(17-18-15(19)22)11-4-6-12(21-2)7-5-11/h4-7H,3,8-10H2,1-2H3,(H,16,20)(H,18,22). The van der Waals surface area contributed by atoms with Crippen molar-refractivity contribution in [1.82, 2.24) is 20.1 Å². The van der Waals surface area contributed by atoms with Gasteiger partial charge in [0.1, 0.15) is 5.75 Å². The molecule has 0 aliphatic heterocycles. The molecule has 2 aromatic rings. The lowest BCUT2D eigenvalue weighted by atomic mass is 10.2. The molecule has 6 nitrogen and oxygen atoms in total. The molecule has 0 bridgehead atoms. The van der Waals surface area contributed by atoms with Gasteiger partial charge >= 0.3 is 0 Å². The second-order valence-electron chi connectivity index (χ2n) is 4.83. The number of ether oxygens (including phenoxy) is 1. The van der Waals surface area contributed by atoms with Crippen LogP contribution in [-0.4, -0.2) is 34.3 Å². The molecule has 0 spiro atoms. The minimum atomic E-state index is 0.0191. The highest BCUT2D eigenvalue weighted by Gasteiger charge is 2.10. The molecule has 1 aromatic heterocycles. The van der Waals surface area contributed by atoms with Crippen LogP contribution in [0.2, 0.25) is 0 Å². The van der Waals surface area contributed by atoms with E-state index in [1.165, 1.54) is 0 Å². The van der Waals surface area contributed by atoms with Crippen molar-refractivity contribution in [2.75, 3.05) is 13.7 Å². The fraction of sp³-hybridized carbons (Fsp3) is 0.400. The highest BCUT2D eigenvalue weighted by atomic mass is 32.1. The zero-order valence-electron chi connectivity index (χ0n) is 12.8. The molecular formula is C15H20N4O2S. The average molecular weight is 320 g/mol. The molecule has 2 N–H and O–H groups in total. The lowest BCUT2D eigenvalue weighted by molar-refractivity contribution is -0.121. The van der Waals surface area contributed by atoms with E-state index in [2.05, 4.69) is 15.5 Å². The summed E-state index contributed by atoms with van der Waals surface area (Å²) in [5, 5.41) is 9.89. The lowest BCUT2D eigenvalue weighted by Crippen LogP contribution is -2.25. The van der Waals surface area contributed by atoms with Crippen molar-refractivity contribution in [3.05, 3.63) is 29.0 Å². The fourth-order valence-corrected chi connectivity index (χ4v) is 2.28. The average Bonchev–Trinajstić information content (AvgIpc) is 2.91. The largest absolute Gasteiger partial charge is 0.497 e. The van der Waals surface area contributed by atoms with Crippen molar-refractivity contribution in [3.8, 4) is 17.1 Å². The van der Waals surface area contributed by atoms with E-state index in [1.54, 1.807) is 7.11 Å². The fourth-order valence-electron chi connectivity index (χ4n) is 2.05. The number of rotatable bonds is 7. The molecule has 7 heteroatoms. The van der Waals surface area contributed by atoms with Gasteiger partial charge in [-0.1, -0.05) is 6.92 Å². The molecule has 0 aliphatic rings. The molecule has 0 unspecified atom stereocenters. The number of hydrogen-bond acceptors (Lipinski definition) is 4. The summed E-state index contributed by atoms with van der Waals surface area (Å²) in [6.45, 7) is 3.21. The van der Waals surface area contributed by atoms with Crippen molar-refractivity contribution >= 4 is 18.1 Å². The van der Waals surface area contributed by atoms with E-state index in [1.807, 2.05) is 35.8 Å². The van der Waals surface area contributed by atoms with Crippen LogP contribution >= 0.6 is 12.2 Å². The highest BCUT2D eigenvalue weighted by molar-refractivity contribution is 7.71. The van der Waals surface area contributed by atoms with Gasteiger partial charge in [-0.15, -0.1) is 0 Å². The Labute approximate surface area is 134 Å². The van der Waals surface area contributed by atoms with E-state index in [0.29, 0.717) is 24.3 Å². The Morgan fingerprint density at radius 3 is 2.77 bits per heavy atom. The van der Waals surface area contributed by atoms with Gasteiger partial charge in [-0.25, -0.2) is 0 Å². The smallest absolute Gasteiger partial charge is 0.221 e. The van der Waals surface area contributed by atoms with Crippen LogP contribution in [-0.2, 0) is 11.3 Å². The number of nitrogens with one attached hydrogen (secondary N) is 2. The van der Waals surface area contributed by atoms with Gasteiger partial charge in [0.2, 0.25) is 5.91 Å². The molecule has 0 saturated carbocycles. The van der Waals surface area contributed by atoms with Crippen molar-refractivity contribution < 1.29 is 9.53 Å². The number of benzene rings is 1. The Morgan fingerprint density at radius 1 is 1.41 bits per heavy atom. The topological polar surface area (TPSA) is 71.9 Å². The number of H-pyrrole nitrogens is 1. The summed E-state index contributed by atoms with van der Waals surface area (Å²) in [5.74, 6) is 1.52. The number of nitrogens with zero attached hydrogens (tertiary/aromatic N) is 2. The van der Waals surface area contributed by atoms with Gasteiger partial charge in [-0.05, 0) is 42.9 Å². The molecule has 2 rings (SSSR count). The van der Waals surface area contributed by atoms with Gasteiger partial charge in [0.05, 0.1) is 7.11 Å². The molecule has 0 radical (unpaired) electrons. The van der Waals surface area contributed by atoms with Gasteiger partial charge in [0.25, 0.3) is 0 Å². The number of methoxy groups -OCH3 is 1. The van der Waals surface area contributed by atoms with Gasteiger partial charge < -0.3 is 10.1 Å². The first-order valence-electron chi connectivity index (χ1n) is 7.22. The number of aromatic amines is 1. The van der Waals surface area contributed by atoms with E-state index in [4.69, 9.17) is 17.0 Å². The Hall–Kier alpha value is -2.15. The summed E-state index contributed by atoms with van der Waals surface area (Å²) in [6, 6.07) is 7.56. The van der Waals surface area contributed by atoms with Crippen molar-refractivity contribution in [2.24, 2.45) is 0 Å². The normalized spacial score (nSPS) is 10.5. The first kappa shape index (κ1) is 16.2. The molecular weight excluding hydrogens is 300 g/mol. The summed E-state index contributed by atoms with van der Waals surface area (Å²) in [4.78, 5) is 11.7. The minimum Gasteiger partial charge on any atom is -0.497 e. The molecule has 0 fully saturated rings. The van der Waals surface area contributed by atoms with Crippen LogP contribution in [0.4, 0.5) is 0 Å². The predicted octanol–water partition coefficient (Wildman–Crippen LogP) is 2.53. The highest BCUT2D eigenvalue weighted by Crippen LogP contribution is 2.21. The third-order valence-electron chi connectivity index (χ3n) is 3.24. The van der Waals surface area contributed by atoms with Crippen molar-refractivity contribution in [3.63, 3.8) is 0 Å². The van der Waals surface area contributed by atoms with Gasteiger partial charge in [-0.2, -0.15) is 5.10 Å². The summed E-state index contributed by atoms with van der Waals surface area (Å²) < 4.78 is 7.49. The van der Waals surface area contributed by atoms with Gasteiger partial charge in [-0.3, -0.25) is 14.5 Å². The number of carbonyl (C=O) groups is 1. The van der Waals surface area contributed by atoms with Crippen molar-refractivity contribution in [1.29, 1.82) is 0 Å². The molecule has 0 aliphatic carbocycles. The van der Waals surface area contributed by atoms with E-state index in [0.717, 1.165) is 23.6 Å². The number of aromatic nitrogens is 3. The van der Waals surface area contributed by atoms with Crippen LogP contribution in [0.1, 0.15) is 19.8 Å². The predicted molar refractivity (Wildman–Crippen MR) is 87.3 cm³/mol. The molecule has 0 atom stereocenters. The van der Waals surface area contributed by atoms with Crippen LogP contribution in [0.25, 0.3) is 11.4 Å². The second-order valence-corrected chi connectivity index (χ2v) is 5.22. The molecule has 1 heterocycles. The maximum absolute atomic E-state index is 11.7. The third kappa shape index (κ3) is 3.94. The lowest BCUT2D eigenvalue weighted by Gasteiger charge is -2.08. The zero-order valence-corrected chi connectivity index (χ0v) is 13.6. The number of hydrogen-bond donors (Lipinski definition) is 2. The van der Waals surface area contributed by atoms with E-state index in [9.17, 15) is 4.79 Å². The Balaban J connectivity index is 2.13.